The Balaban J connectivity index is 2.29. The Hall–Kier alpha value is -1.76. The van der Waals surface area contributed by atoms with Gasteiger partial charge in [-0.2, -0.15) is 0 Å². The number of ether oxygens (including phenoxy) is 1. The van der Waals surface area contributed by atoms with Gasteiger partial charge in [0.05, 0.1) is 0 Å². The van der Waals surface area contributed by atoms with Crippen LogP contribution in [0.4, 0.5) is 0 Å². The van der Waals surface area contributed by atoms with Crippen molar-refractivity contribution in [2.75, 3.05) is 0 Å². The fraction of sp³-hybridized carbons (Fsp3) is 0.520. The van der Waals surface area contributed by atoms with Crippen LogP contribution in [-0.4, -0.2) is 0 Å². The summed E-state index contributed by atoms with van der Waals surface area (Å²) in [5, 5.41) is 0. The molecule has 1 aliphatic heterocycles. The standard InChI is InChI=1S/C25H34O/c1-15-11-17(23(3,4)5)13-19-21(15)26-22-16(2)12-18(24(6,7)8)14-20(22)25(19,9)10/h11-14H,1-10H3. The van der Waals surface area contributed by atoms with E-state index in [1.54, 1.807) is 0 Å². The highest BCUT2D eigenvalue weighted by Crippen LogP contribution is 2.52. The maximum atomic E-state index is 6.51. The minimum absolute atomic E-state index is 0.0824. The van der Waals surface area contributed by atoms with Gasteiger partial charge in [0, 0.05) is 16.5 Å². The van der Waals surface area contributed by atoms with Gasteiger partial charge in [0.25, 0.3) is 0 Å². The summed E-state index contributed by atoms with van der Waals surface area (Å²) in [6, 6.07) is 9.31. The van der Waals surface area contributed by atoms with Gasteiger partial charge in [0.2, 0.25) is 0 Å². The summed E-state index contributed by atoms with van der Waals surface area (Å²) >= 11 is 0. The van der Waals surface area contributed by atoms with E-state index in [9.17, 15) is 0 Å². The molecule has 0 atom stereocenters. The second kappa shape index (κ2) is 5.62. The van der Waals surface area contributed by atoms with E-state index in [1.165, 1.54) is 33.4 Å². The first-order valence-corrected chi connectivity index (χ1v) is 9.72. The van der Waals surface area contributed by atoms with Gasteiger partial charge < -0.3 is 4.74 Å². The third-order valence-electron chi connectivity index (χ3n) is 5.83. The summed E-state index contributed by atoms with van der Waals surface area (Å²) in [6.07, 6.45) is 0. The second-order valence-corrected chi connectivity index (χ2v) is 10.6. The predicted molar refractivity (Wildman–Crippen MR) is 112 cm³/mol. The fourth-order valence-corrected chi connectivity index (χ4v) is 3.86. The first-order chi connectivity index (χ1) is 11.7. The number of rotatable bonds is 0. The minimum atomic E-state index is -0.0824. The molecule has 3 rings (SSSR count). The van der Waals surface area contributed by atoms with Crippen LogP contribution in [0.25, 0.3) is 0 Å². The maximum absolute atomic E-state index is 6.51. The highest BCUT2D eigenvalue weighted by molar-refractivity contribution is 5.63. The highest BCUT2D eigenvalue weighted by atomic mass is 16.5. The van der Waals surface area contributed by atoms with Gasteiger partial charge in [0.1, 0.15) is 11.5 Å². The van der Waals surface area contributed by atoms with Crippen molar-refractivity contribution in [2.45, 2.75) is 85.5 Å². The molecular formula is C25H34O. The number of hydrogen-bond acceptors (Lipinski definition) is 1. The van der Waals surface area contributed by atoms with Crippen molar-refractivity contribution in [3.63, 3.8) is 0 Å². The third-order valence-corrected chi connectivity index (χ3v) is 5.83. The van der Waals surface area contributed by atoms with Crippen LogP contribution in [0.1, 0.15) is 88.8 Å². The van der Waals surface area contributed by atoms with E-state index in [0.717, 1.165) is 11.5 Å². The van der Waals surface area contributed by atoms with E-state index in [0.29, 0.717) is 0 Å². The number of benzene rings is 2. The molecule has 0 radical (unpaired) electrons. The van der Waals surface area contributed by atoms with Crippen LogP contribution >= 0.6 is 0 Å². The number of fused-ring (bicyclic) bond motifs is 2. The zero-order valence-electron chi connectivity index (χ0n) is 18.2. The SMILES string of the molecule is Cc1cc(C(C)(C)C)cc2c1Oc1c(C)cc(C(C)(C)C)cc1C2(C)C. The molecule has 2 aromatic carbocycles. The van der Waals surface area contributed by atoms with Gasteiger partial charge >= 0.3 is 0 Å². The van der Waals surface area contributed by atoms with Crippen LogP contribution in [0.2, 0.25) is 0 Å². The van der Waals surface area contributed by atoms with Crippen LogP contribution in [0.15, 0.2) is 24.3 Å². The molecule has 0 saturated heterocycles. The summed E-state index contributed by atoms with van der Waals surface area (Å²) in [5.41, 5.74) is 7.98. The van der Waals surface area contributed by atoms with Crippen molar-refractivity contribution in [1.82, 2.24) is 0 Å². The third kappa shape index (κ3) is 2.96. The van der Waals surface area contributed by atoms with Crippen LogP contribution < -0.4 is 4.74 Å². The Morgan fingerprint density at radius 2 is 1.00 bits per heavy atom. The molecule has 0 fully saturated rings. The lowest BCUT2D eigenvalue weighted by atomic mass is 9.71. The number of hydrogen-bond donors (Lipinski definition) is 0. The van der Waals surface area contributed by atoms with Crippen molar-refractivity contribution >= 4 is 0 Å². The second-order valence-electron chi connectivity index (χ2n) is 10.6. The Bertz CT molecular complexity index is 799. The van der Waals surface area contributed by atoms with Gasteiger partial charge in [-0.3, -0.25) is 0 Å². The van der Waals surface area contributed by atoms with Crippen LogP contribution in [0, 0.1) is 13.8 Å². The molecule has 0 saturated carbocycles. The molecular weight excluding hydrogens is 316 g/mol. The highest BCUT2D eigenvalue weighted by Gasteiger charge is 2.37. The van der Waals surface area contributed by atoms with Gasteiger partial charge in [-0.15, -0.1) is 0 Å². The monoisotopic (exact) mass is 350 g/mol. The summed E-state index contributed by atoms with van der Waals surface area (Å²) in [4.78, 5) is 0. The minimum Gasteiger partial charge on any atom is -0.456 e. The Labute approximate surface area is 159 Å². The van der Waals surface area contributed by atoms with Gasteiger partial charge in [-0.25, -0.2) is 0 Å². The molecule has 2 aromatic rings. The predicted octanol–water partition coefficient (Wildman–Crippen LogP) is 7.33. The smallest absolute Gasteiger partial charge is 0.134 e. The average molecular weight is 351 g/mol. The molecule has 0 spiro atoms. The van der Waals surface area contributed by atoms with Crippen molar-refractivity contribution in [1.29, 1.82) is 0 Å². The van der Waals surface area contributed by atoms with Gasteiger partial charge in [0.15, 0.2) is 0 Å². The van der Waals surface area contributed by atoms with Gasteiger partial charge in [-0.05, 0) is 46.9 Å². The Kier molecular flexibility index (Phi) is 4.11. The van der Waals surface area contributed by atoms with Crippen LogP contribution in [-0.2, 0) is 16.2 Å². The Morgan fingerprint density at radius 1 is 0.654 bits per heavy atom. The van der Waals surface area contributed by atoms with Crippen LogP contribution in [0.5, 0.6) is 11.5 Å². The molecule has 0 bridgehead atoms. The molecule has 1 aliphatic rings. The van der Waals surface area contributed by atoms with E-state index < -0.39 is 0 Å². The fourth-order valence-electron chi connectivity index (χ4n) is 3.86. The molecule has 0 aliphatic carbocycles. The van der Waals surface area contributed by atoms with E-state index in [4.69, 9.17) is 4.74 Å². The van der Waals surface area contributed by atoms with E-state index in [2.05, 4.69) is 93.5 Å². The summed E-state index contributed by atoms with van der Waals surface area (Å²) in [5.74, 6) is 2.09. The first kappa shape index (κ1) is 19.0. The van der Waals surface area contributed by atoms with Crippen molar-refractivity contribution in [3.05, 3.63) is 57.6 Å². The quantitative estimate of drug-likeness (QED) is 0.483. The molecule has 1 nitrogen and oxygen atoms in total. The molecule has 0 unspecified atom stereocenters. The molecule has 140 valence electrons. The maximum Gasteiger partial charge on any atom is 0.134 e. The van der Waals surface area contributed by atoms with Crippen molar-refractivity contribution < 1.29 is 4.74 Å². The average Bonchev–Trinajstić information content (AvgIpc) is 2.47. The molecule has 1 heterocycles. The summed E-state index contributed by atoms with van der Waals surface area (Å²) < 4.78 is 6.51. The topological polar surface area (TPSA) is 9.23 Å². The number of aryl methyl sites for hydroxylation is 2. The lowest BCUT2D eigenvalue weighted by Gasteiger charge is -2.38. The van der Waals surface area contributed by atoms with Gasteiger partial charge in [-0.1, -0.05) is 79.7 Å². The molecule has 0 amide bonds. The van der Waals surface area contributed by atoms with E-state index in [-0.39, 0.29) is 16.2 Å². The lowest BCUT2D eigenvalue weighted by Crippen LogP contribution is -2.27. The first-order valence-electron chi connectivity index (χ1n) is 9.72. The molecule has 26 heavy (non-hydrogen) atoms. The van der Waals surface area contributed by atoms with E-state index >= 15 is 0 Å². The molecule has 0 aromatic heterocycles. The molecule has 1 heteroatoms. The zero-order valence-corrected chi connectivity index (χ0v) is 18.2. The van der Waals surface area contributed by atoms with Crippen molar-refractivity contribution in [2.24, 2.45) is 0 Å². The summed E-state index contributed by atoms with van der Waals surface area (Å²) in [6.45, 7) is 22.7. The lowest BCUT2D eigenvalue weighted by molar-refractivity contribution is 0.408. The normalized spacial score (nSPS) is 15.9. The largest absolute Gasteiger partial charge is 0.456 e. The van der Waals surface area contributed by atoms with Crippen molar-refractivity contribution in [3.8, 4) is 11.5 Å². The van der Waals surface area contributed by atoms with Crippen LogP contribution in [0.3, 0.4) is 0 Å². The summed E-state index contributed by atoms with van der Waals surface area (Å²) in [7, 11) is 0. The van der Waals surface area contributed by atoms with E-state index in [1.807, 2.05) is 0 Å². The molecule has 0 N–H and O–H groups in total. The zero-order chi connectivity index (χ0) is 19.7. The Morgan fingerprint density at radius 3 is 1.31 bits per heavy atom.